The average Bonchev–Trinajstić information content (AvgIpc) is 3.38. The zero-order chi connectivity index (χ0) is 20.4. The van der Waals surface area contributed by atoms with Crippen molar-refractivity contribution in [2.45, 2.75) is 19.9 Å². The van der Waals surface area contributed by atoms with Gasteiger partial charge in [-0.1, -0.05) is 17.3 Å². The molecule has 0 fully saturated rings. The van der Waals surface area contributed by atoms with Crippen LogP contribution in [0.1, 0.15) is 34.8 Å². The van der Waals surface area contributed by atoms with Crippen LogP contribution in [0.4, 0.5) is 4.39 Å². The molecule has 0 bridgehead atoms. The number of aromatic nitrogens is 5. The Balaban J connectivity index is 1.46. The minimum absolute atomic E-state index is 0.248. The summed E-state index contributed by atoms with van der Waals surface area (Å²) in [6.07, 6.45) is 4.71. The van der Waals surface area contributed by atoms with Crippen LogP contribution in [-0.2, 0) is 0 Å². The lowest BCUT2D eigenvalue weighted by Crippen LogP contribution is -2.26. The lowest BCUT2D eigenvalue weighted by molar-refractivity contribution is 0.0935. The van der Waals surface area contributed by atoms with Crippen molar-refractivity contribution in [1.29, 1.82) is 0 Å². The first-order chi connectivity index (χ1) is 14.0. The highest BCUT2D eigenvalue weighted by molar-refractivity contribution is 5.92. The first kappa shape index (κ1) is 18.5. The van der Waals surface area contributed by atoms with Crippen molar-refractivity contribution >= 4 is 5.91 Å². The number of hydrogen-bond donors (Lipinski definition) is 1. The minimum atomic E-state index is -0.335. The first-order valence-corrected chi connectivity index (χ1v) is 8.87. The van der Waals surface area contributed by atoms with Gasteiger partial charge in [0, 0.05) is 12.4 Å². The van der Waals surface area contributed by atoms with E-state index >= 15 is 0 Å². The maximum Gasteiger partial charge on any atom is 0.271 e. The maximum absolute atomic E-state index is 13.0. The zero-order valence-electron chi connectivity index (χ0n) is 15.7. The van der Waals surface area contributed by atoms with E-state index in [1.807, 2.05) is 6.92 Å². The molecule has 1 amide bonds. The van der Waals surface area contributed by atoms with Crippen molar-refractivity contribution in [1.82, 2.24) is 30.0 Å². The van der Waals surface area contributed by atoms with Crippen LogP contribution >= 0.6 is 0 Å². The number of hydrogen-bond acceptors (Lipinski definition) is 6. The van der Waals surface area contributed by atoms with Gasteiger partial charge < -0.3 is 9.84 Å². The summed E-state index contributed by atoms with van der Waals surface area (Å²) in [6.45, 7) is 3.56. The monoisotopic (exact) mass is 392 g/mol. The molecular formula is C20H17FN6O2. The number of aryl methyl sites for hydroxylation is 1. The number of pyridine rings is 1. The average molecular weight is 392 g/mol. The molecule has 8 nitrogen and oxygen atoms in total. The number of carbonyl (C=O) groups excluding carboxylic acids is 1. The Morgan fingerprint density at radius 3 is 2.62 bits per heavy atom. The summed E-state index contributed by atoms with van der Waals surface area (Å²) >= 11 is 0. The van der Waals surface area contributed by atoms with Crippen molar-refractivity contribution in [3.05, 3.63) is 78.0 Å². The Kier molecular flexibility index (Phi) is 4.86. The molecule has 0 saturated carbocycles. The number of nitrogens with zero attached hydrogens (tertiary/aromatic N) is 5. The molecular weight excluding hydrogens is 375 g/mol. The third-order valence-corrected chi connectivity index (χ3v) is 4.32. The fourth-order valence-corrected chi connectivity index (χ4v) is 2.75. The summed E-state index contributed by atoms with van der Waals surface area (Å²) in [4.78, 5) is 25.1. The molecule has 0 spiro atoms. The van der Waals surface area contributed by atoms with E-state index in [9.17, 15) is 9.18 Å². The quantitative estimate of drug-likeness (QED) is 0.560. The van der Waals surface area contributed by atoms with Crippen LogP contribution in [0.3, 0.4) is 0 Å². The predicted molar refractivity (Wildman–Crippen MR) is 102 cm³/mol. The van der Waals surface area contributed by atoms with Gasteiger partial charge in [-0.25, -0.2) is 14.4 Å². The van der Waals surface area contributed by atoms with Crippen molar-refractivity contribution in [3.8, 4) is 17.3 Å². The summed E-state index contributed by atoms with van der Waals surface area (Å²) in [7, 11) is 0. The van der Waals surface area contributed by atoms with Gasteiger partial charge in [0.05, 0.1) is 11.6 Å². The number of nitrogens with one attached hydrogen (secondary N) is 1. The number of rotatable bonds is 5. The van der Waals surface area contributed by atoms with Gasteiger partial charge >= 0.3 is 0 Å². The molecule has 0 aliphatic carbocycles. The number of benzene rings is 1. The molecule has 1 unspecified atom stereocenters. The molecule has 1 atom stereocenters. The van der Waals surface area contributed by atoms with Crippen LogP contribution in [0.25, 0.3) is 17.3 Å². The van der Waals surface area contributed by atoms with Crippen molar-refractivity contribution in [3.63, 3.8) is 0 Å². The predicted octanol–water partition coefficient (Wildman–Crippen LogP) is 3.26. The summed E-state index contributed by atoms with van der Waals surface area (Å²) < 4.78 is 19.8. The van der Waals surface area contributed by atoms with Gasteiger partial charge in [-0.15, -0.1) is 0 Å². The zero-order valence-corrected chi connectivity index (χ0v) is 15.7. The largest absolute Gasteiger partial charge is 0.344 e. The third-order valence-electron chi connectivity index (χ3n) is 4.32. The second-order valence-electron chi connectivity index (χ2n) is 6.46. The molecule has 4 rings (SSSR count). The lowest BCUT2D eigenvalue weighted by atomic mass is 10.1. The van der Waals surface area contributed by atoms with Gasteiger partial charge in [0.25, 0.3) is 11.8 Å². The van der Waals surface area contributed by atoms with Gasteiger partial charge in [0.2, 0.25) is 0 Å². The fourth-order valence-electron chi connectivity index (χ4n) is 2.75. The van der Waals surface area contributed by atoms with Crippen LogP contribution in [0.2, 0.25) is 0 Å². The van der Waals surface area contributed by atoms with Gasteiger partial charge in [-0.05, 0) is 43.7 Å². The van der Waals surface area contributed by atoms with Crippen molar-refractivity contribution in [2.75, 3.05) is 0 Å². The van der Waals surface area contributed by atoms with Crippen LogP contribution in [0.15, 0.2) is 59.6 Å². The molecule has 1 aromatic carbocycles. The molecule has 1 N–H and O–H groups in total. The van der Waals surface area contributed by atoms with E-state index in [-0.39, 0.29) is 23.5 Å². The molecule has 0 aliphatic heterocycles. The highest BCUT2D eigenvalue weighted by atomic mass is 19.1. The molecule has 0 aliphatic rings. The van der Waals surface area contributed by atoms with E-state index in [1.54, 1.807) is 48.1 Å². The van der Waals surface area contributed by atoms with E-state index in [0.29, 0.717) is 23.1 Å². The molecule has 0 radical (unpaired) electrons. The lowest BCUT2D eigenvalue weighted by Gasteiger charge is -2.13. The third kappa shape index (κ3) is 4.03. The summed E-state index contributed by atoms with van der Waals surface area (Å²) in [5, 5.41) is 6.60. The molecule has 3 aromatic heterocycles. The maximum atomic E-state index is 13.0. The van der Waals surface area contributed by atoms with Crippen molar-refractivity contribution < 1.29 is 13.7 Å². The van der Waals surface area contributed by atoms with Crippen LogP contribution in [-0.4, -0.2) is 30.6 Å². The number of imidazole rings is 1. The van der Waals surface area contributed by atoms with Gasteiger partial charge in [-0.2, -0.15) is 4.98 Å². The minimum Gasteiger partial charge on any atom is -0.344 e. The van der Waals surface area contributed by atoms with Crippen LogP contribution < -0.4 is 5.32 Å². The molecule has 0 saturated heterocycles. The first-order valence-electron chi connectivity index (χ1n) is 8.87. The fraction of sp³-hybridized carbons (Fsp3) is 0.150. The second-order valence-corrected chi connectivity index (χ2v) is 6.46. The Hall–Kier alpha value is -3.88. The van der Waals surface area contributed by atoms with E-state index < -0.39 is 0 Å². The normalized spacial score (nSPS) is 12.0. The SMILES string of the molecule is Cc1noc(-c2ccc(-n3cnc(C(=O)NC(C)c4ccc(F)cc4)c3)nc2)n1. The van der Waals surface area contributed by atoms with E-state index in [1.165, 1.54) is 18.5 Å². The summed E-state index contributed by atoms with van der Waals surface area (Å²) in [6, 6.07) is 9.26. The smallest absolute Gasteiger partial charge is 0.271 e. The topological polar surface area (TPSA) is 98.7 Å². The van der Waals surface area contributed by atoms with E-state index in [0.717, 1.165) is 5.56 Å². The highest BCUT2D eigenvalue weighted by Gasteiger charge is 2.15. The molecule has 29 heavy (non-hydrogen) atoms. The highest BCUT2D eigenvalue weighted by Crippen LogP contribution is 2.18. The van der Waals surface area contributed by atoms with Crippen LogP contribution in [0.5, 0.6) is 0 Å². The Labute approximate surface area is 165 Å². The van der Waals surface area contributed by atoms with Gasteiger partial charge in [0.15, 0.2) is 5.82 Å². The number of halogens is 1. The number of amides is 1. The summed E-state index contributed by atoms with van der Waals surface area (Å²) in [5.41, 5.74) is 1.74. The Bertz CT molecular complexity index is 1130. The Morgan fingerprint density at radius 1 is 1.17 bits per heavy atom. The standard InChI is InChI=1S/C20H17FN6O2/c1-12(14-3-6-16(21)7-4-14)24-19(28)17-10-27(11-23-17)18-8-5-15(9-22-18)20-25-13(2)26-29-20/h3-12H,1-2H3,(H,24,28). The van der Waals surface area contributed by atoms with Crippen LogP contribution in [0, 0.1) is 12.7 Å². The van der Waals surface area contributed by atoms with Gasteiger partial charge in [-0.3, -0.25) is 9.36 Å². The summed E-state index contributed by atoms with van der Waals surface area (Å²) in [5.74, 6) is 0.867. The van der Waals surface area contributed by atoms with Crippen molar-refractivity contribution in [2.24, 2.45) is 0 Å². The molecule has 146 valence electrons. The van der Waals surface area contributed by atoms with Gasteiger partial charge in [0.1, 0.15) is 23.7 Å². The second kappa shape index (κ2) is 7.63. The molecule has 9 heteroatoms. The number of carbonyl (C=O) groups is 1. The van der Waals surface area contributed by atoms with E-state index in [4.69, 9.17) is 4.52 Å². The Morgan fingerprint density at radius 2 is 1.97 bits per heavy atom. The van der Waals surface area contributed by atoms with E-state index in [2.05, 4.69) is 25.4 Å². The molecule has 4 aromatic rings. The molecule has 3 heterocycles.